The van der Waals surface area contributed by atoms with Crippen LogP contribution in [0.25, 0.3) is 0 Å². The molecule has 0 spiro atoms. The number of ketones is 1. The molecule has 1 nitrogen and oxygen atoms in total. The van der Waals surface area contributed by atoms with Gasteiger partial charge in [-0.3, -0.25) is 4.79 Å². The van der Waals surface area contributed by atoms with Crippen LogP contribution in [0.2, 0.25) is 0 Å². The number of hydrogen-bond donors (Lipinski definition) is 0. The number of allylic oxidation sites excluding steroid dienone is 1. The Hall–Kier alpha value is -0.730. The molecule has 0 aromatic heterocycles. The molecule has 0 amide bonds. The Labute approximate surface area is 153 Å². The normalized spacial score (nSPS) is 20.3. The molecule has 1 fully saturated rings. The molecule has 1 aliphatic carbocycles. The van der Waals surface area contributed by atoms with E-state index in [-0.39, 0.29) is 23.5 Å². The molecule has 0 radical (unpaired) electrons. The zero-order chi connectivity index (χ0) is 19.3. The molecule has 0 aromatic rings. The minimum absolute atomic E-state index is 0.0711. The Morgan fingerprint density at radius 1 is 1.20 bits per heavy atom. The van der Waals surface area contributed by atoms with Crippen molar-refractivity contribution >= 4 is 5.78 Å². The van der Waals surface area contributed by atoms with Crippen LogP contribution in [-0.4, -0.2) is 5.78 Å². The van der Waals surface area contributed by atoms with E-state index in [0.29, 0.717) is 18.3 Å². The smallest absolute Gasteiger partial charge is 0.266 e. The standard InChI is InChI=1S/C22H38F2O/c1-7-16(3)14-18(21(4,5)6)15-22(8-2,13-12-19(23)24)20(25)17-10-9-11-17/h12,16-18H,7-11,13-15H2,1-6H3/t16?,18?,22-/m1/s1. The maximum Gasteiger partial charge on any atom is 0.266 e. The quantitative estimate of drug-likeness (QED) is 0.398. The summed E-state index contributed by atoms with van der Waals surface area (Å²) >= 11 is 0. The first-order valence-electron chi connectivity index (χ1n) is 10.1. The minimum atomic E-state index is -1.66. The molecule has 0 aromatic carbocycles. The Morgan fingerprint density at radius 2 is 1.80 bits per heavy atom. The van der Waals surface area contributed by atoms with Crippen molar-refractivity contribution in [1.29, 1.82) is 0 Å². The van der Waals surface area contributed by atoms with Gasteiger partial charge in [0.1, 0.15) is 5.78 Å². The second kappa shape index (κ2) is 9.28. The molecule has 1 aliphatic rings. The van der Waals surface area contributed by atoms with Crippen molar-refractivity contribution in [1.82, 2.24) is 0 Å². The van der Waals surface area contributed by atoms with Gasteiger partial charge in [-0.05, 0) is 61.9 Å². The van der Waals surface area contributed by atoms with Crippen LogP contribution in [0.15, 0.2) is 12.2 Å². The van der Waals surface area contributed by atoms with Gasteiger partial charge in [-0.1, -0.05) is 54.4 Å². The largest absolute Gasteiger partial charge is 0.299 e. The summed E-state index contributed by atoms with van der Waals surface area (Å²) in [5, 5.41) is 0. The molecule has 0 heterocycles. The lowest BCUT2D eigenvalue weighted by Gasteiger charge is -2.43. The zero-order valence-corrected chi connectivity index (χ0v) is 17.1. The van der Waals surface area contributed by atoms with Crippen molar-refractivity contribution < 1.29 is 13.6 Å². The fourth-order valence-electron chi connectivity index (χ4n) is 3.99. The molecule has 25 heavy (non-hydrogen) atoms. The summed E-state index contributed by atoms with van der Waals surface area (Å²) in [4.78, 5) is 13.2. The SMILES string of the molecule is CCC(C)CC(C[C@@](CC)(CC=C(F)F)C(=O)C1CCC1)C(C)(C)C. The van der Waals surface area contributed by atoms with Crippen molar-refractivity contribution in [3.05, 3.63) is 12.2 Å². The third kappa shape index (κ3) is 6.18. The highest BCUT2D eigenvalue weighted by atomic mass is 19.3. The van der Waals surface area contributed by atoms with Gasteiger partial charge < -0.3 is 0 Å². The molecule has 0 bridgehead atoms. The van der Waals surface area contributed by atoms with Gasteiger partial charge in [0, 0.05) is 11.3 Å². The number of carbonyl (C=O) groups is 1. The molecule has 3 atom stereocenters. The van der Waals surface area contributed by atoms with E-state index in [2.05, 4.69) is 34.6 Å². The van der Waals surface area contributed by atoms with Crippen LogP contribution in [0.4, 0.5) is 8.78 Å². The molecule has 146 valence electrons. The summed E-state index contributed by atoms with van der Waals surface area (Å²) in [5.41, 5.74) is -0.554. The fourth-order valence-corrected chi connectivity index (χ4v) is 3.99. The lowest BCUT2D eigenvalue weighted by atomic mass is 9.60. The predicted molar refractivity (Wildman–Crippen MR) is 102 cm³/mol. The third-order valence-electron chi connectivity index (χ3n) is 6.57. The Bertz CT molecular complexity index is 455. The second-order valence-corrected chi connectivity index (χ2v) is 9.34. The van der Waals surface area contributed by atoms with E-state index in [1.54, 1.807) is 0 Å². The summed E-state index contributed by atoms with van der Waals surface area (Å²) in [7, 11) is 0. The van der Waals surface area contributed by atoms with Crippen LogP contribution in [0.1, 0.15) is 92.9 Å². The molecular formula is C22H38F2O. The average Bonchev–Trinajstić information content (AvgIpc) is 2.47. The number of carbonyl (C=O) groups excluding carboxylic acids is 1. The average molecular weight is 357 g/mol. The third-order valence-corrected chi connectivity index (χ3v) is 6.57. The summed E-state index contributed by atoms with van der Waals surface area (Å²) in [6, 6.07) is 0. The van der Waals surface area contributed by atoms with Crippen LogP contribution >= 0.6 is 0 Å². The van der Waals surface area contributed by atoms with Crippen LogP contribution < -0.4 is 0 Å². The highest BCUT2D eigenvalue weighted by molar-refractivity contribution is 5.87. The summed E-state index contributed by atoms with van der Waals surface area (Å²) < 4.78 is 25.7. The van der Waals surface area contributed by atoms with E-state index in [1.165, 1.54) is 0 Å². The maximum atomic E-state index is 13.2. The van der Waals surface area contributed by atoms with Gasteiger partial charge in [-0.2, -0.15) is 8.78 Å². The number of Topliss-reactive ketones (excluding diaryl/α,β-unsaturated/α-hetero) is 1. The number of rotatable bonds is 10. The van der Waals surface area contributed by atoms with Gasteiger partial charge in [0.15, 0.2) is 0 Å². The van der Waals surface area contributed by atoms with E-state index in [0.717, 1.165) is 44.6 Å². The van der Waals surface area contributed by atoms with E-state index < -0.39 is 11.5 Å². The molecular weight excluding hydrogens is 318 g/mol. The molecule has 2 unspecified atom stereocenters. The van der Waals surface area contributed by atoms with Crippen LogP contribution in [0.3, 0.4) is 0 Å². The lowest BCUT2D eigenvalue weighted by molar-refractivity contribution is -0.137. The molecule has 3 heteroatoms. The van der Waals surface area contributed by atoms with Crippen molar-refractivity contribution in [3.63, 3.8) is 0 Å². The van der Waals surface area contributed by atoms with Gasteiger partial charge in [0.25, 0.3) is 6.08 Å². The van der Waals surface area contributed by atoms with Crippen molar-refractivity contribution in [2.45, 2.75) is 92.9 Å². The molecule has 1 saturated carbocycles. The minimum Gasteiger partial charge on any atom is -0.299 e. The van der Waals surface area contributed by atoms with Crippen molar-refractivity contribution in [2.75, 3.05) is 0 Å². The Balaban J connectivity index is 3.13. The first-order valence-corrected chi connectivity index (χ1v) is 10.1. The molecule has 0 N–H and O–H groups in total. The van der Waals surface area contributed by atoms with Crippen molar-refractivity contribution in [3.8, 4) is 0 Å². The van der Waals surface area contributed by atoms with Crippen LogP contribution in [0.5, 0.6) is 0 Å². The summed E-state index contributed by atoms with van der Waals surface area (Å²) in [6.07, 6.45) is 6.05. The van der Waals surface area contributed by atoms with Crippen LogP contribution in [0, 0.1) is 28.6 Å². The highest BCUT2D eigenvalue weighted by Gasteiger charge is 2.44. The number of halogens is 2. The fraction of sp³-hybridized carbons (Fsp3) is 0.864. The van der Waals surface area contributed by atoms with Gasteiger partial charge in [0.05, 0.1) is 0 Å². The van der Waals surface area contributed by atoms with Gasteiger partial charge in [-0.15, -0.1) is 0 Å². The molecule has 0 saturated heterocycles. The number of hydrogen-bond acceptors (Lipinski definition) is 1. The lowest BCUT2D eigenvalue weighted by Crippen LogP contribution is -2.41. The second-order valence-electron chi connectivity index (χ2n) is 9.34. The van der Waals surface area contributed by atoms with Crippen LogP contribution in [-0.2, 0) is 4.79 Å². The maximum absolute atomic E-state index is 13.2. The summed E-state index contributed by atoms with van der Waals surface area (Å²) in [6.45, 7) is 13.1. The predicted octanol–water partition coefficient (Wildman–Crippen LogP) is 7.41. The van der Waals surface area contributed by atoms with E-state index >= 15 is 0 Å². The van der Waals surface area contributed by atoms with Gasteiger partial charge in [0.2, 0.25) is 0 Å². The van der Waals surface area contributed by atoms with Gasteiger partial charge >= 0.3 is 0 Å². The first kappa shape index (κ1) is 22.3. The van der Waals surface area contributed by atoms with Crippen molar-refractivity contribution in [2.24, 2.45) is 28.6 Å². The Morgan fingerprint density at radius 3 is 2.16 bits per heavy atom. The topological polar surface area (TPSA) is 17.1 Å². The van der Waals surface area contributed by atoms with E-state index in [4.69, 9.17) is 0 Å². The zero-order valence-electron chi connectivity index (χ0n) is 17.1. The highest BCUT2D eigenvalue weighted by Crippen LogP contribution is 2.48. The first-order chi connectivity index (χ1) is 11.6. The Kier molecular flexibility index (Phi) is 8.28. The van der Waals surface area contributed by atoms with E-state index in [1.807, 2.05) is 6.92 Å². The van der Waals surface area contributed by atoms with Gasteiger partial charge in [-0.25, -0.2) is 0 Å². The monoisotopic (exact) mass is 356 g/mol. The molecule has 0 aliphatic heterocycles. The van der Waals surface area contributed by atoms with E-state index in [9.17, 15) is 13.6 Å². The molecule has 1 rings (SSSR count). The summed E-state index contributed by atoms with van der Waals surface area (Å²) in [5.74, 6) is 1.30.